The van der Waals surface area contributed by atoms with Crippen molar-refractivity contribution in [3.8, 4) is 0 Å². The van der Waals surface area contributed by atoms with Crippen molar-refractivity contribution in [1.29, 1.82) is 0 Å². The zero-order chi connectivity index (χ0) is 7.78. The smallest absolute Gasteiger partial charge is 0.0619 e. The second-order valence-electron chi connectivity index (χ2n) is 4.27. The minimum Gasteiger partial charge on any atom is -0.390 e. The molecule has 1 heteroatoms. The van der Waals surface area contributed by atoms with Crippen LogP contribution in [0, 0.1) is 11.8 Å². The number of hydrogen-bond acceptors (Lipinski definition) is 1. The van der Waals surface area contributed by atoms with Crippen molar-refractivity contribution in [3.05, 3.63) is 0 Å². The van der Waals surface area contributed by atoms with E-state index in [0.717, 1.165) is 5.92 Å². The molecule has 0 bridgehead atoms. The molecule has 1 aliphatic rings. The summed E-state index contributed by atoms with van der Waals surface area (Å²) in [5.74, 6) is 1.37. The Labute approximate surface area is 63.4 Å². The summed E-state index contributed by atoms with van der Waals surface area (Å²) >= 11 is 0. The molecule has 1 aliphatic carbocycles. The quantitative estimate of drug-likeness (QED) is 0.595. The first-order chi connectivity index (χ1) is 4.50. The van der Waals surface area contributed by atoms with Gasteiger partial charge in [-0.05, 0) is 38.5 Å². The molecule has 0 radical (unpaired) electrons. The Balaban J connectivity index is 2.45. The molecule has 0 unspecified atom stereocenters. The largest absolute Gasteiger partial charge is 0.390 e. The molecule has 0 aromatic carbocycles. The van der Waals surface area contributed by atoms with Crippen LogP contribution in [0.1, 0.15) is 40.0 Å². The van der Waals surface area contributed by atoms with Crippen LogP contribution < -0.4 is 0 Å². The van der Waals surface area contributed by atoms with E-state index in [0.29, 0.717) is 5.92 Å². The van der Waals surface area contributed by atoms with E-state index >= 15 is 0 Å². The third kappa shape index (κ3) is 1.72. The molecule has 0 saturated heterocycles. The van der Waals surface area contributed by atoms with Crippen LogP contribution in [0.15, 0.2) is 0 Å². The van der Waals surface area contributed by atoms with Gasteiger partial charge in [0.25, 0.3) is 0 Å². The zero-order valence-corrected chi connectivity index (χ0v) is 7.22. The molecule has 1 saturated carbocycles. The molecule has 0 spiro atoms. The van der Waals surface area contributed by atoms with Crippen LogP contribution in [0.4, 0.5) is 0 Å². The lowest BCUT2D eigenvalue weighted by Gasteiger charge is -2.25. The van der Waals surface area contributed by atoms with Crippen LogP contribution in [0.2, 0.25) is 0 Å². The van der Waals surface area contributed by atoms with Crippen molar-refractivity contribution in [2.45, 2.75) is 45.6 Å². The fourth-order valence-corrected chi connectivity index (χ4v) is 1.85. The SMILES string of the molecule is C[C@H]1CC[C@@H](C(C)(C)O)C1. The predicted molar refractivity (Wildman–Crippen MR) is 42.8 cm³/mol. The molecule has 1 N–H and O–H groups in total. The standard InChI is InChI=1S/C9H18O/c1-7-4-5-8(6-7)9(2,3)10/h7-8,10H,4-6H2,1-3H3/t7-,8+/m0/s1. The van der Waals surface area contributed by atoms with E-state index in [2.05, 4.69) is 6.92 Å². The third-order valence-electron chi connectivity index (χ3n) is 2.69. The van der Waals surface area contributed by atoms with E-state index in [4.69, 9.17) is 0 Å². The average molecular weight is 142 g/mol. The monoisotopic (exact) mass is 142 g/mol. The molecule has 0 heterocycles. The lowest BCUT2D eigenvalue weighted by Crippen LogP contribution is -2.28. The maximum Gasteiger partial charge on any atom is 0.0619 e. The van der Waals surface area contributed by atoms with Gasteiger partial charge < -0.3 is 5.11 Å². The first kappa shape index (κ1) is 8.06. The van der Waals surface area contributed by atoms with Crippen LogP contribution in [0.25, 0.3) is 0 Å². The maximum absolute atomic E-state index is 9.64. The van der Waals surface area contributed by atoms with Gasteiger partial charge in [-0.3, -0.25) is 0 Å². The second kappa shape index (κ2) is 2.54. The van der Waals surface area contributed by atoms with Crippen LogP contribution in [0.3, 0.4) is 0 Å². The van der Waals surface area contributed by atoms with Crippen molar-refractivity contribution in [2.75, 3.05) is 0 Å². The number of rotatable bonds is 1. The number of hydrogen-bond donors (Lipinski definition) is 1. The Hall–Kier alpha value is -0.0400. The lowest BCUT2D eigenvalue weighted by molar-refractivity contribution is 0.0186. The highest BCUT2D eigenvalue weighted by atomic mass is 16.3. The Morgan fingerprint density at radius 2 is 1.90 bits per heavy atom. The molecule has 60 valence electrons. The van der Waals surface area contributed by atoms with Gasteiger partial charge in [-0.1, -0.05) is 13.3 Å². The van der Waals surface area contributed by atoms with Gasteiger partial charge >= 0.3 is 0 Å². The minimum absolute atomic E-state index is 0.440. The van der Waals surface area contributed by atoms with E-state index in [1.807, 2.05) is 13.8 Å². The maximum atomic E-state index is 9.64. The van der Waals surface area contributed by atoms with Crippen LogP contribution in [-0.4, -0.2) is 10.7 Å². The molecule has 2 atom stereocenters. The molecule has 1 fully saturated rings. The van der Waals surface area contributed by atoms with Gasteiger partial charge in [0.15, 0.2) is 0 Å². The molecule has 0 aromatic heterocycles. The molecular weight excluding hydrogens is 124 g/mol. The average Bonchev–Trinajstić information content (AvgIpc) is 2.11. The molecule has 0 aromatic rings. The summed E-state index contributed by atoms with van der Waals surface area (Å²) in [6, 6.07) is 0. The third-order valence-corrected chi connectivity index (χ3v) is 2.69. The Morgan fingerprint density at radius 3 is 2.10 bits per heavy atom. The van der Waals surface area contributed by atoms with Gasteiger partial charge in [0.05, 0.1) is 5.60 Å². The summed E-state index contributed by atoms with van der Waals surface area (Å²) in [4.78, 5) is 0. The summed E-state index contributed by atoms with van der Waals surface area (Å²) in [5.41, 5.74) is -0.440. The van der Waals surface area contributed by atoms with Gasteiger partial charge in [-0.15, -0.1) is 0 Å². The normalized spacial score (nSPS) is 34.8. The summed E-state index contributed by atoms with van der Waals surface area (Å²) in [6.45, 7) is 6.12. The Morgan fingerprint density at radius 1 is 1.30 bits per heavy atom. The van der Waals surface area contributed by atoms with E-state index in [-0.39, 0.29) is 0 Å². The van der Waals surface area contributed by atoms with E-state index < -0.39 is 5.60 Å². The second-order valence-corrected chi connectivity index (χ2v) is 4.27. The summed E-state index contributed by atoms with van der Waals surface area (Å²) in [7, 11) is 0. The van der Waals surface area contributed by atoms with E-state index in [9.17, 15) is 5.11 Å². The molecular formula is C9H18O. The fraction of sp³-hybridized carbons (Fsp3) is 1.00. The zero-order valence-electron chi connectivity index (χ0n) is 7.22. The molecule has 1 nitrogen and oxygen atoms in total. The van der Waals surface area contributed by atoms with Crippen LogP contribution in [0.5, 0.6) is 0 Å². The van der Waals surface area contributed by atoms with Crippen LogP contribution in [-0.2, 0) is 0 Å². The topological polar surface area (TPSA) is 20.2 Å². The van der Waals surface area contributed by atoms with Crippen molar-refractivity contribution in [3.63, 3.8) is 0 Å². The van der Waals surface area contributed by atoms with Gasteiger partial charge in [-0.2, -0.15) is 0 Å². The lowest BCUT2D eigenvalue weighted by atomic mass is 9.89. The molecule has 1 rings (SSSR count). The summed E-state index contributed by atoms with van der Waals surface area (Å²) in [6.07, 6.45) is 3.73. The molecule has 0 amide bonds. The van der Waals surface area contributed by atoms with E-state index in [1.54, 1.807) is 0 Å². The first-order valence-corrected chi connectivity index (χ1v) is 4.22. The van der Waals surface area contributed by atoms with Gasteiger partial charge in [0.2, 0.25) is 0 Å². The highest BCUT2D eigenvalue weighted by Crippen LogP contribution is 2.36. The van der Waals surface area contributed by atoms with Crippen molar-refractivity contribution < 1.29 is 5.11 Å². The summed E-state index contributed by atoms with van der Waals surface area (Å²) in [5, 5.41) is 9.64. The molecule has 0 aliphatic heterocycles. The van der Waals surface area contributed by atoms with Gasteiger partial charge in [0, 0.05) is 0 Å². The molecule has 10 heavy (non-hydrogen) atoms. The van der Waals surface area contributed by atoms with Crippen molar-refractivity contribution in [1.82, 2.24) is 0 Å². The van der Waals surface area contributed by atoms with Gasteiger partial charge in [0.1, 0.15) is 0 Å². The van der Waals surface area contributed by atoms with Crippen LogP contribution >= 0.6 is 0 Å². The number of aliphatic hydroxyl groups is 1. The predicted octanol–water partition coefficient (Wildman–Crippen LogP) is 2.19. The Bertz CT molecular complexity index is 112. The fourth-order valence-electron chi connectivity index (χ4n) is 1.85. The highest BCUT2D eigenvalue weighted by molar-refractivity contribution is 4.83. The van der Waals surface area contributed by atoms with E-state index in [1.165, 1.54) is 19.3 Å². The minimum atomic E-state index is -0.440. The van der Waals surface area contributed by atoms with Crippen molar-refractivity contribution in [2.24, 2.45) is 11.8 Å². The summed E-state index contributed by atoms with van der Waals surface area (Å²) < 4.78 is 0. The highest BCUT2D eigenvalue weighted by Gasteiger charge is 2.32. The van der Waals surface area contributed by atoms with Crippen molar-refractivity contribution >= 4 is 0 Å². The first-order valence-electron chi connectivity index (χ1n) is 4.22. The van der Waals surface area contributed by atoms with Gasteiger partial charge in [-0.25, -0.2) is 0 Å². The Kier molecular flexibility index (Phi) is 2.04.